The molecule has 0 radical (unpaired) electrons. The Kier molecular flexibility index (Phi) is 3.62. The minimum absolute atomic E-state index is 0.669. The van der Waals surface area contributed by atoms with E-state index in [-0.39, 0.29) is 0 Å². The van der Waals surface area contributed by atoms with Gasteiger partial charge in [0.1, 0.15) is 0 Å². The van der Waals surface area contributed by atoms with E-state index in [2.05, 4.69) is 52.1 Å². The molecule has 1 heterocycles. The monoisotopic (exact) mass is 295 g/mol. The number of rotatable bonds is 2. The molecule has 1 nitrogen and oxygen atoms in total. The van der Waals surface area contributed by atoms with Crippen molar-refractivity contribution < 1.29 is 0 Å². The molecule has 0 unspecified atom stereocenters. The molecule has 0 bridgehead atoms. The third-order valence-electron chi connectivity index (χ3n) is 2.48. The van der Waals surface area contributed by atoms with Crippen LogP contribution in [0.3, 0.4) is 0 Å². The molecular weight excluding hydrogens is 286 g/mol. The number of pyridine rings is 1. The zero-order valence-electron chi connectivity index (χ0n) is 8.87. The Hall–Kier alpha value is -0.860. The lowest BCUT2D eigenvalue weighted by Gasteiger charge is -2.08. The molecule has 0 atom stereocenters. The third-order valence-corrected chi connectivity index (χ3v) is 3.37. The molecule has 2 aromatic rings. The summed E-state index contributed by atoms with van der Waals surface area (Å²) in [6, 6.07) is 8.39. The van der Waals surface area contributed by atoms with Gasteiger partial charge < -0.3 is 0 Å². The van der Waals surface area contributed by atoms with Gasteiger partial charge in [0, 0.05) is 22.4 Å². The molecule has 0 aliphatic carbocycles. The number of halogens is 2. The fourth-order valence-corrected chi connectivity index (χ4v) is 2.58. The molecule has 0 saturated heterocycles. The lowest BCUT2D eigenvalue weighted by atomic mass is 10.0. The third kappa shape index (κ3) is 2.28. The first-order chi connectivity index (χ1) is 7.72. The van der Waals surface area contributed by atoms with Gasteiger partial charge in [-0.2, -0.15) is 0 Å². The van der Waals surface area contributed by atoms with E-state index >= 15 is 0 Å². The van der Waals surface area contributed by atoms with Crippen molar-refractivity contribution >= 4 is 27.5 Å². The standard InChI is InChI=1S/C13H11BrClN/c1-2-9-4-3-5-10(6-9)13-11(14)7-16-8-12(13)15/h3-8H,2H2,1H3. The zero-order chi connectivity index (χ0) is 11.5. The molecule has 0 aliphatic rings. The maximum atomic E-state index is 6.17. The second kappa shape index (κ2) is 4.98. The number of nitrogens with zero attached hydrogens (tertiary/aromatic N) is 1. The summed E-state index contributed by atoms with van der Waals surface area (Å²) < 4.78 is 0.924. The summed E-state index contributed by atoms with van der Waals surface area (Å²) in [6.07, 6.45) is 4.45. The highest BCUT2D eigenvalue weighted by Crippen LogP contribution is 2.34. The van der Waals surface area contributed by atoms with Crippen molar-refractivity contribution in [3.8, 4) is 11.1 Å². The molecule has 3 heteroatoms. The predicted octanol–water partition coefficient (Wildman–Crippen LogP) is 4.73. The molecule has 1 aromatic carbocycles. The predicted molar refractivity (Wildman–Crippen MR) is 71.8 cm³/mol. The van der Waals surface area contributed by atoms with Crippen LogP contribution in [0, 0.1) is 0 Å². The Labute approximate surface area is 109 Å². The quantitative estimate of drug-likeness (QED) is 0.781. The van der Waals surface area contributed by atoms with Crippen LogP contribution >= 0.6 is 27.5 Å². The number of benzene rings is 1. The average Bonchev–Trinajstić information content (AvgIpc) is 2.29. The Bertz CT molecular complexity index is 491. The smallest absolute Gasteiger partial charge is 0.0679 e. The van der Waals surface area contributed by atoms with E-state index in [1.165, 1.54) is 5.56 Å². The lowest BCUT2D eigenvalue weighted by molar-refractivity contribution is 1.14. The van der Waals surface area contributed by atoms with E-state index < -0.39 is 0 Å². The van der Waals surface area contributed by atoms with Crippen molar-refractivity contribution in [1.82, 2.24) is 4.98 Å². The number of hydrogen-bond donors (Lipinski definition) is 0. The van der Waals surface area contributed by atoms with Crippen LogP contribution in [0.25, 0.3) is 11.1 Å². The molecule has 0 spiro atoms. The first-order valence-corrected chi connectivity index (χ1v) is 6.27. The Balaban J connectivity index is 2.58. The topological polar surface area (TPSA) is 12.9 Å². The lowest BCUT2D eigenvalue weighted by Crippen LogP contribution is -1.86. The molecule has 16 heavy (non-hydrogen) atoms. The van der Waals surface area contributed by atoms with Crippen molar-refractivity contribution in [2.75, 3.05) is 0 Å². The van der Waals surface area contributed by atoms with Crippen LogP contribution in [0.1, 0.15) is 12.5 Å². The van der Waals surface area contributed by atoms with Gasteiger partial charge in [-0.3, -0.25) is 4.98 Å². The first-order valence-electron chi connectivity index (χ1n) is 5.10. The van der Waals surface area contributed by atoms with E-state index in [0.29, 0.717) is 5.02 Å². The molecule has 0 aliphatic heterocycles. The van der Waals surface area contributed by atoms with Gasteiger partial charge in [0.2, 0.25) is 0 Å². The van der Waals surface area contributed by atoms with Crippen LogP contribution in [0.4, 0.5) is 0 Å². The Morgan fingerprint density at radius 2 is 2.12 bits per heavy atom. The number of aryl methyl sites for hydroxylation is 1. The van der Waals surface area contributed by atoms with Crippen LogP contribution in [0.2, 0.25) is 5.02 Å². The second-order valence-corrected chi connectivity index (χ2v) is 4.79. The van der Waals surface area contributed by atoms with Gasteiger partial charge in [-0.1, -0.05) is 42.8 Å². The highest BCUT2D eigenvalue weighted by molar-refractivity contribution is 9.10. The van der Waals surface area contributed by atoms with Gasteiger partial charge in [0.15, 0.2) is 0 Å². The zero-order valence-corrected chi connectivity index (χ0v) is 11.2. The summed E-state index contributed by atoms with van der Waals surface area (Å²) in [5.41, 5.74) is 3.43. The van der Waals surface area contributed by atoms with Crippen LogP contribution in [0.15, 0.2) is 41.1 Å². The first kappa shape index (κ1) is 11.6. The average molecular weight is 297 g/mol. The molecule has 82 valence electrons. The molecule has 2 rings (SSSR count). The maximum Gasteiger partial charge on any atom is 0.0679 e. The molecule has 0 amide bonds. The maximum absolute atomic E-state index is 6.17. The van der Waals surface area contributed by atoms with Crippen LogP contribution in [0.5, 0.6) is 0 Å². The van der Waals surface area contributed by atoms with Gasteiger partial charge in [0.05, 0.1) is 5.02 Å². The van der Waals surface area contributed by atoms with Crippen LogP contribution < -0.4 is 0 Å². The van der Waals surface area contributed by atoms with E-state index in [1.54, 1.807) is 12.4 Å². The van der Waals surface area contributed by atoms with E-state index in [9.17, 15) is 0 Å². The van der Waals surface area contributed by atoms with Crippen molar-refractivity contribution in [2.24, 2.45) is 0 Å². The van der Waals surface area contributed by atoms with Gasteiger partial charge >= 0.3 is 0 Å². The van der Waals surface area contributed by atoms with Gasteiger partial charge in [-0.25, -0.2) is 0 Å². The van der Waals surface area contributed by atoms with E-state index in [4.69, 9.17) is 11.6 Å². The molecule has 0 saturated carbocycles. The van der Waals surface area contributed by atoms with E-state index in [0.717, 1.165) is 22.0 Å². The summed E-state index contributed by atoms with van der Waals surface area (Å²) in [6.45, 7) is 2.14. The normalized spacial score (nSPS) is 10.4. The van der Waals surface area contributed by atoms with Crippen molar-refractivity contribution in [3.63, 3.8) is 0 Å². The summed E-state index contributed by atoms with van der Waals surface area (Å²) in [5, 5.41) is 0.669. The fourth-order valence-electron chi connectivity index (χ4n) is 1.63. The number of hydrogen-bond acceptors (Lipinski definition) is 1. The Morgan fingerprint density at radius 3 is 2.81 bits per heavy atom. The van der Waals surface area contributed by atoms with Crippen molar-refractivity contribution in [1.29, 1.82) is 0 Å². The molecule has 1 aromatic heterocycles. The minimum Gasteiger partial charge on any atom is -0.262 e. The number of aromatic nitrogens is 1. The van der Waals surface area contributed by atoms with Crippen LogP contribution in [-0.2, 0) is 6.42 Å². The highest BCUT2D eigenvalue weighted by atomic mass is 79.9. The second-order valence-electron chi connectivity index (χ2n) is 3.53. The molecular formula is C13H11BrClN. The van der Waals surface area contributed by atoms with Gasteiger partial charge in [0.25, 0.3) is 0 Å². The highest BCUT2D eigenvalue weighted by Gasteiger charge is 2.08. The summed E-state index contributed by atoms with van der Waals surface area (Å²) in [4.78, 5) is 4.03. The fraction of sp³-hybridized carbons (Fsp3) is 0.154. The van der Waals surface area contributed by atoms with E-state index in [1.807, 2.05) is 0 Å². The van der Waals surface area contributed by atoms with Crippen molar-refractivity contribution in [2.45, 2.75) is 13.3 Å². The largest absolute Gasteiger partial charge is 0.262 e. The summed E-state index contributed by atoms with van der Waals surface area (Å²) >= 11 is 9.65. The summed E-state index contributed by atoms with van der Waals surface area (Å²) in [5.74, 6) is 0. The SMILES string of the molecule is CCc1cccc(-c2c(Cl)cncc2Br)c1. The summed E-state index contributed by atoms with van der Waals surface area (Å²) in [7, 11) is 0. The molecule has 0 N–H and O–H groups in total. The van der Waals surface area contributed by atoms with Crippen LogP contribution in [-0.4, -0.2) is 4.98 Å². The Morgan fingerprint density at radius 1 is 1.31 bits per heavy atom. The van der Waals surface area contributed by atoms with Crippen molar-refractivity contribution in [3.05, 3.63) is 51.7 Å². The minimum atomic E-state index is 0.669. The van der Waals surface area contributed by atoms with Gasteiger partial charge in [-0.15, -0.1) is 0 Å². The van der Waals surface area contributed by atoms with Gasteiger partial charge in [-0.05, 0) is 33.5 Å². The molecule has 0 fully saturated rings.